The molecule has 0 radical (unpaired) electrons. The molecule has 0 bridgehead atoms. The van der Waals surface area contributed by atoms with E-state index in [0.717, 1.165) is 13.1 Å². The molecular weight excluding hydrogens is 208 g/mol. The molecule has 0 amide bonds. The Kier molecular flexibility index (Phi) is 6.06. The Morgan fingerprint density at radius 3 is 2.65 bits per heavy atom. The van der Waals surface area contributed by atoms with Crippen LogP contribution in [0.3, 0.4) is 0 Å². The molecular formula is C15H26N2. The van der Waals surface area contributed by atoms with Crippen LogP contribution in [0.5, 0.6) is 0 Å². The number of aryl methyl sites for hydroxylation is 1. The number of para-hydroxylation sites is 1. The SMILES string of the molecule is CCNC(C)CCCN(C)c1ccccc1C. The Labute approximate surface area is 106 Å². The summed E-state index contributed by atoms with van der Waals surface area (Å²) >= 11 is 0. The van der Waals surface area contributed by atoms with Gasteiger partial charge >= 0.3 is 0 Å². The van der Waals surface area contributed by atoms with Crippen molar-refractivity contribution in [3.63, 3.8) is 0 Å². The van der Waals surface area contributed by atoms with Gasteiger partial charge in [0.2, 0.25) is 0 Å². The van der Waals surface area contributed by atoms with E-state index < -0.39 is 0 Å². The largest absolute Gasteiger partial charge is 0.374 e. The summed E-state index contributed by atoms with van der Waals surface area (Å²) in [5.41, 5.74) is 2.71. The maximum Gasteiger partial charge on any atom is 0.0393 e. The standard InChI is InChI=1S/C15H26N2/c1-5-16-14(3)10-8-12-17(4)15-11-7-6-9-13(15)2/h6-7,9,11,14,16H,5,8,10,12H2,1-4H3. The van der Waals surface area contributed by atoms with Gasteiger partial charge in [-0.15, -0.1) is 0 Å². The lowest BCUT2D eigenvalue weighted by atomic mass is 10.1. The Morgan fingerprint density at radius 2 is 2.00 bits per heavy atom. The monoisotopic (exact) mass is 234 g/mol. The number of nitrogens with one attached hydrogen (secondary N) is 1. The minimum atomic E-state index is 0.630. The summed E-state index contributed by atoms with van der Waals surface area (Å²) in [6, 6.07) is 9.21. The lowest BCUT2D eigenvalue weighted by molar-refractivity contribution is 0.513. The molecule has 1 aromatic carbocycles. The molecule has 0 saturated carbocycles. The first-order valence-corrected chi connectivity index (χ1v) is 6.65. The highest BCUT2D eigenvalue weighted by Gasteiger charge is 2.04. The van der Waals surface area contributed by atoms with Crippen LogP contribution >= 0.6 is 0 Å². The van der Waals surface area contributed by atoms with E-state index in [-0.39, 0.29) is 0 Å². The quantitative estimate of drug-likeness (QED) is 0.779. The molecule has 1 unspecified atom stereocenters. The average molecular weight is 234 g/mol. The van der Waals surface area contributed by atoms with Crippen molar-refractivity contribution in [2.24, 2.45) is 0 Å². The van der Waals surface area contributed by atoms with Gasteiger partial charge in [-0.1, -0.05) is 25.1 Å². The summed E-state index contributed by atoms with van der Waals surface area (Å²) in [5.74, 6) is 0. The fraction of sp³-hybridized carbons (Fsp3) is 0.600. The van der Waals surface area contributed by atoms with Crippen LogP contribution < -0.4 is 10.2 Å². The van der Waals surface area contributed by atoms with Gasteiger partial charge in [-0.2, -0.15) is 0 Å². The molecule has 0 aromatic heterocycles. The van der Waals surface area contributed by atoms with Crippen LogP contribution in [-0.4, -0.2) is 26.2 Å². The van der Waals surface area contributed by atoms with Gasteiger partial charge in [0.05, 0.1) is 0 Å². The Morgan fingerprint density at radius 1 is 1.29 bits per heavy atom. The second kappa shape index (κ2) is 7.33. The molecule has 96 valence electrons. The van der Waals surface area contributed by atoms with Crippen LogP contribution in [0.4, 0.5) is 5.69 Å². The molecule has 2 nitrogen and oxygen atoms in total. The van der Waals surface area contributed by atoms with Crippen LogP contribution in [0, 0.1) is 6.92 Å². The van der Waals surface area contributed by atoms with Crippen LogP contribution in [0.25, 0.3) is 0 Å². The second-order valence-electron chi connectivity index (χ2n) is 4.81. The molecule has 0 aliphatic carbocycles. The van der Waals surface area contributed by atoms with Gasteiger partial charge in [-0.25, -0.2) is 0 Å². The molecule has 0 aliphatic rings. The summed E-state index contributed by atoms with van der Waals surface area (Å²) in [6.45, 7) is 8.79. The third-order valence-corrected chi connectivity index (χ3v) is 3.21. The zero-order valence-electron chi connectivity index (χ0n) is 11.7. The second-order valence-corrected chi connectivity index (χ2v) is 4.81. The third kappa shape index (κ3) is 4.78. The van der Waals surface area contributed by atoms with E-state index in [2.05, 4.69) is 62.3 Å². The summed E-state index contributed by atoms with van der Waals surface area (Å²) in [7, 11) is 2.18. The molecule has 0 fully saturated rings. The number of anilines is 1. The molecule has 1 rings (SSSR count). The molecule has 0 spiro atoms. The van der Waals surface area contributed by atoms with Gasteiger partial charge in [0.25, 0.3) is 0 Å². The lowest BCUT2D eigenvalue weighted by Gasteiger charge is -2.22. The zero-order chi connectivity index (χ0) is 12.7. The van der Waals surface area contributed by atoms with Crippen molar-refractivity contribution in [2.75, 3.05) is 25.0 Å². The van der Waals surface area contributed by atoms with E-state index in [1.807, 2.05) is 0 Å². The van der Waals surface area contributed by atoms with E-state index in [1.54, 1.807) is 0 Å². The highest BCUT2D eigenvalue weighted by atomic mass is 15.1. The molecule has 17 heavy (non-hydrogen) atoms. The fourth-order valence-electron chi connectivity index (χ4n) is 2.20. The number of nitrogens with zero attached hydrogens (tertiary/aromatic N) is 1. The third-order valence-electron chi connectivity index (χ3n) is 3.21. The van der Waals surface area contributed by atoms with E-state index >= 15 is 0 Å². The van der Waals surface area contributed by atoms with Crippen molar-refractivity contribution in [3.05, 3.63) is 29.8 Å². The van der Waals surface area contributed by atoms with Gasteiger partial charge in [0, 0.05) is 25.3 Å². The topological polar surface area (TPSA) is 15.3 Å². The summed E-state index contributed by atoms with van der Waals surface area (Å²) in [5, 5.41) is 3.45. The zero-order valence-corrected chi connectivity index (χ0v) is 11.7. The van der Waals surface area contributed by atoms with Gasteiger partial charge in [0.15, 0.2) is 0 Å². The molecule has 1 N–H and O–H groups in total. The molecule has 0 heterocycles. The molecule has 2 heteroatoms. The maximum atomic E-state index is 3.45. The fourth-order valence-corrected chi connectivity index (χ4v) is 2.20. The normalized spacial score (nSPS) is 12.5. The van der Waals surface area contributed by atoms with Crippen molar-refractivity contribution in [2.45, 2.75) is 39.7 Å². The first-order valence-electron chi connectivity index (χ1n) is 6.65. The van der Waals surface area contributed by atoms with Crippen molar-refractivity contribution < 1.29 is 0 Å². The Balaban J connectivity index is 2.35. The summed E-state index contributed by atoms with van der Waals surface area (Å²) in [4.78, 5) is 2.36. The smallest absolute Gasteiger partial charge is 0.0393 e. The van der Waals surface area contributed by atoms with Crippen molar-refractivity contribution >= 4 is 5.69 Å². The van der Waals surface area contributed by atoms with Gasteiger partial charge < -0.3 is 10.2 Å². The van der Waals surface area contributed by atoms with Gasteiger partial charge in [0.1, 0.15) is 0 Å². The van der Waals surface area contributed by atoms with E-state index in [4.69, 9.17) is 0 Å². The first-order chi connectivity index (χ1) is 8.15. The molecule has 1 aromatic rings. The predicted molar refractivity (Wildman–Crippen MR) is 76.8 cm³/mol. The highest BCUT2D eigenvalue weighted by Crippen LogP contribution is 2.18. The van der Waals surface area contributed by atoms with Crippen LogP contribution in [-0.2, 0) is 0 Å². The van der Waals surface area contributed by atoms with Crippen LogP contribution in [0.2, 0.25) is 0 Å². The Bertz CT molecular complexity index is 322. The van der Waals surface area contributed by atoms with Crippen LogP contribution in [0.1, 0.15) is 32.3 Å². The van der Waals surface area contributed by atoms with Crippen molar-refractivity contribution in [3.8, 4) is 0 Å². The van der Waals surface area contributed by atoms with E-state index in [9.17, 15) is 0 Å². The minimum absolute atomic E-state index is 0.630. The van der Waals surface area contributed by atoms with Crippen molar-refractivity contribution in [1.82, 2.24) is 5.32 Å². The summed E-state index contributed by atoms with van der Waals surface area (Å²) < 4.78 is 0. The number of hydrogen-bond donors (Lipinski definition) is 1. The summed E-state index contributed by atoms with van der Waals surface area (Å²) in [6.07, 6.45) is 2.48. The van der Waals surface area contributed by atoms with Crippen LogP contribution in [0.15, 0.2) is 24.3 Å². The van der Waals surface area contributed by atoms with Crippen molar-refractivity contribution in [1.29, 1.82) is 0 Å². The average Bonchev–Trinajstić information content (AvgIpc) is 2.29. The van der Waals surface area contributed by atoms with Gasteiger partial charge in [-0.05, 0) is 44.9 Å². The Hall–Kier alpha value is -1.02. The molecule has 0 saturated heterocycles. The van der Waals surface area contributed by atoms with E-state index in [0.29, 0.717) is 6.04 Å². The highest BCUT2D eigenvalue weighted by molar-refractivity contribution is 5.52. The number of benzene rings is 1. The molecule has 1 atom stereocenters. The maximum absolute atomic E-state index is 3.45. The first kappa shape index (κ1) is 14.0. The predicted octanol–water partition coefficient (Wildman–Crippen LogP) is 3.21. The van der Waals surface area contributed by atoms with E-state index in [1.165, 1.54) is 24.1 Å². The van der Waals surface area contributed by atoms with Gasteiger partial charge in [-0.3, -0.25) is 0 Å². The lowest BCUT2D eigenvalue weighted by Crippen LogP contribution is -2.27. The molecule has 0 aliphatic heterocycles. The minimum Gasteiger partial charge on any atom is -0.374 e. The number of rotatable bonds is 7. The number of hydrogen-bond acceptors (Lipinski definition) is 2.